The molecule has 2 rings (SSSR count). The molecule has 0 bridgehead atoms. The summed E-state index contributed by atoms with van der Waals surface area (Å²) in [5, 5.41) is 15.3. The molecule has 0 aliphatic heterocycles. The van der Waals surface area contributed by atoms with Gasteiger partial charge in [0, 0.05) is 22.4 Å². The number of hydrogen-bond acceptors (Lipinski definition) is 5. The van der Waals surface area contributed by atoms with Crippen molar-refractivity contribution in [3.63, 3.8) is 0 Å². The van der Waals surface area contributed by atoms with Gasteiger partial charge in [0.2, 0.25) is 0 Å². The van der Waals surface area contributed by atoms with E-state index in [1.165, 1.54) is 0 Å². The van der Waals surface area contributed by atoms with Crippen LogP contribution in [0.4, 0.5) is 11.4 Å². The Kier molecular flexibility index (Phi) is 3.49. The van der Waals surface area contributed by atoms with E-state index in [0.717, 1.165) is 16.4 Å². The zero-order valence-electron chi connectivity index (χ0n) is 10.3. The molecule has 0 amide bonds. The van der Waals surface area contributed by atoms with Crippen molar-refractivity contribution in [1.29, 1.82) is 5.26 Å². The van der Waals surface area contributed by atoms with Crippen LogP contribution in [0.1, 0.15) is 29.2 Å². The van der Waals surface area contributed by atoms with Crippen LogP contribution in [0, 0.1) is 18.3 Å². The lowest BCUT2D eigenvalue weighted by Gasteiger charge is -2.13. The molecule has 0 aliphatic carbocycles. The van der Waals surface area contributed by atoms with Crippen molar-refractivity contribution in [3.05, 3.63) is 39.8 Å². The monoisotopic (exact) mass is 258 g/mol. The fourth-order valence-corrected chi connectivity index (χ4v) is 2.43. The molecular weight excluding hydrogens is 244 g/mol. The molecule has 1 aromatic heterocycles. The summed E-state index contributed by atoms with van der Waals surface area (Å²) in [4.78, 5) is 4.43. The maximum Gasteiger partial charge on any atom is 0.115 e. The minimum Gasteiger partial charge on any atom is -0.398 e. The second-order valence-corrected chi connectivity index (χ2v) is 5.00. The summed E-state index contributed by atoms with van der Waals surface area (Å²) in [6.45, 7) is 4.02. The maximum atomic E-state index is 8.93. The fraction of sp³-hybridized carbons (Fsp3) is 0.231. The average molecular weight is 258 g/mol. The molecule has 3 N–H and O–H groups in total. The van der Waals surface area contributed by atoms with Crippen LogP contribution in [-0.2, 0) is 0 Å². The summed E-state index contributed by atoms with van der Waals surface area (Å²) < 4.78 is 0. The molecule has 0 radical (unpaired) electrons. The molecule has 0 aliphatic rings. The highest BCUT2D eigenvalue weighted by atomic mass is 32.1. The lowest BCUT2D eigenvalue weighted by atomic mass is 10.1. The Morgan fingerprint density at radius 2 is 2.28 bits per heavy atom. The lowest BCUT2D eigenvalue weighted by Crippen LogP contribution is -2.06. The number of nitrogen functional groups attached to an aromatic ring is 1. The number of thiazole rings is 1. The second kappa shape index (κ2) is 5.07. The molecule has 2 aromatic rings. The van der Waals surface area contributed by atoms with Crippen LogP contribution in [0.25, 0.3) is 0 Å². The van der Waals surface area contributed by atoms with Crippen molar-refractivity contribution in [2.45, 2.75) is 19.9 Å². The summed E-state index contributed by atoms with van der Waals surface area (Å²) in [7, 11) is 0. The summed E-state index contributed by atoms with van der Waals surface area (Å²) >= 11 is 1.63. The highest BCUT2D eigenvalue weighted by Gasteiger charge is 2.10. The molecule has 1 atom stereocenters. The number of rotatable bonds is 3. The third-order valence-electron chi connectivity index (χ3n) is 2.56. The summed E-state index contributed by atoms with van der Waals surface area (Å²) in [6.07, 6.45) is 0. The van der Waals surface area contributed by atoms with E-state index in [2.05, 4.69) is 16.4 Å². The normalized spacial score (nSPS) is 11.8. The molecule has 5 heteroatoms. The lowest BCUT2D eigenvalue weighted by molar-refractivity contribution is 0.864. The molecule has 1 heterocycles. The average Bonchev–Trinajstić information content (AvgIpc) is 2.78. The molecular formula is C13H14N4S. The van der Waals surface area contributed by atoms with Gasteiger partial charge in [0.15, 0.2) is 0 Å². The summed E-state index contributed by atoms with van der Waals surface area (Å²) in [5.41, 5.74) is 8.58. The van der Waals surface area contributed by atoms with E-state index in [9.17, 15) is 0 Å². The summed E-state index contributed by atoms with van der Waals surface area (Å²) in [5.74, 6) is 0. The predicted molar refractivity (Wildman–Crippen MR) is 74.5 cm³/mol. The van der Waals surface area contributed by atoms with Gasteiger partial charge in [-0.2, -0.15) is 5.26 Å². The quantitative estimate of drug-likeness (QED) is 0.830. The Morgan fingerprint density at radius 1 is 1.50 bits per heavy atom. The number of benzene rings is 1. The van der Waals surface area contributed by atoms with Crippen LogP contribution in [0.2, 0.25) is 0 Å². The minimum atomic E-state index is 0.110. The Morgan fingerprint density at radius 3 is 2.89 bits per heavy atom. The molecule has 0 saturated carbocycles. The molecule has 18 heavy (non-hydrogen) atoms. The first-order chi connectivity index (χ1) is 8.60. The van der Waals surface area contributed by atoms with E-state index in [0.29, 0.717) is 11.3 Å². The van der Waals surface area contributed by atoms with E-state index in [4.69, 9.17) is 11.0 Å². The molecule has 0 spiro atoms. The second-order valence-electron chi connectivity index (χ2n) is 4.11. The topological polar surface area (TPSA) is 74.7 Å². The van der Waals surface area contributed by atoms with Crippen LogP contribution in [0.5, 0.6) is 0 Å². The number of nitrogens with one attached hydrogen (secondary N) is 1. The molecule has 1 aromatic carbocycles. The van der Waals surface area contributed by atoms with Gasteiger partial charge in [-0.3, -0.25) is 0 Å². The molecule has 92 valence electrons. The number of nitriles is 1. The number of aryl methyl sites for hydroxylation is 1. The summed E-state index contributed by atoms with van der Waals surface area (Å²) in [6, 6.07) is 7.55. The number of hydrogen-bond donors (Lipinski definition) is 2. The third-order valence-corrected chi connectivity index (χ3v) is 3.71. The highest BCUT2D eigenvalue weighted by molar-refractivity contribution is 7.09. The number of nitrogens with zero attached hydrogens (tertiary/aromatic N) is 2. The van der Waals surface area contributed by atoms with E-state index < -0.39 is 0 Å². The van der Waals surface area contributed by atoms with Gasteiger partial charge in [-0.25, -0.2) is 4.98 Å². The molecule has 1 unspecified atom stereocenters. The number of nitrogens with two attached hydrogens (primary N) is 1. The van der Waals surface area contributed by atoms with Gasteiger partial charge in [-0.1, -0.05) is 0 Å². The van der Waals surface area contributed by atoms with E-state index in [1.807, 2.05) is 25.3 Å². The SMILES string of the molecule is Cc1csc(C(C)Nc2ccc(N)c(C#N)c2)n1. The largest absolute Gasteiger partial charge is 0.398 e. The van der Waals surface area contributed by atoms with Gasteiger partial charge in [0.25, 0.3) is 0 Å². The van der Waals surface area contributed by atoms with Crippen LogP contribution in [0.15, 0.2) is 23.6 Å². The Balaban J connectivity index is 2.17. The molecule has 4 nitrogen and oxygen atoms in total. The first-order valence-corrected chi connectivity index (χ1v) is 6.46. The van der Waals surface area contributed by atoms with Crippen molar-refractivity contribution >= 4 is 22.7 Å². The Bertz CT molecular complexity index is 597. The highest BCUT2D eigenvalue weighted by Crippen LogP contribution is 2.24. The van der Waals surface area contributed by atoms with Crippen molar-refractivity contribution in [3.8, 4) is 6.07 Å². The smallest absolute Gasteiger partial charge is 0.115 e. The standard InChI is InChI=1S/C13H14N4S/c1-8-7-18-13(16-8)9(2)17-11-3-4-12(15)10(5-11)6-14/h3-5,7,9,17H,15H2,1-2H3. The van der Waals surface area contributed by atoms with Gasteiger partial charge >= 0.3 is 0 Å². The van der Waals surface area contributed by atoms with Crippen molar-refractivity contribution in [2.24, 2.45) is 0 Å². The fourth-order valence-electron chi connectivity index (χ4n) is 1.63. The molecule has 0 fully saturated rings. The van der Waals surface area contributed by atoms with Gasteiger partial charge in [0.1, 0.15) is 11.1 Å². The van der Waals surface area contributed by atoms with Crippen molar-refractivity contribution < 1.29 is 0 Å². The van der Waals surface area contributed by atoms with Crippen LogP contribution in [-0.4, -0.2) is 4.98 Å². The van der Waals surface area contributed by atoms with Crippen molar-refractivity contribution in [2.75, 3.05) is 11.1 Å². The minimum absolute atomic E-state index is 0.110. The van der Waals surface area contributed by atoms with Gasteiger partial charge in [-0.05, 0) is 32.0 Å². The van der Waals surface area contributed by atoms with E-state index in [-0.39, 0.29) is 6.04 Å². The van der Waals surface area contributed by atoms with E-state index in [1.54, 1.807) is 23.5 Å². The third kappa shape index (κ3) is 2.60. The van der Waals surface area contributed by atoms with Crippen LogP contribution >= 0.6 is 11.3 Å². The van der Waals surface area contributed by atoms with Crippen LogP contribution < -0.4 is 11.1 Å². The predicted octanol–water partition coefficient (Wildman–Crippen LogP) is 3.08. The van der Waals surface area contributed by atoms with Crippen molar-refractivity contribution in [1.82, 2.24) is 4.98 Å². The Hall–Kier alpha value is -2.06. The zero-order chi connectivity index (χ0) is 13.1. The van der Waals surface area contributed by atoms with E-state index >= 15 is 0 Å². The Labute approximate surface area is 110 Å². The number of aromatic nitrogens is 1. The first kappa shape index (κ1) is 12.4. The molecule has 0 saturated heterocycles. The first-order valence-electron chi connectivity index (χ1n) is 5.58. The van der Waals surface area contributed by atoms with Gasteiger partial charge in [0.05, 0.1) is 11.6 Å². The van der Waals surface area contributed by atoms with Gasteiger partial charge in [-0.15, -0.1) is 11.3 Å². The van der Waals surface area contributed by atoms with Gasteiger partial charge < -0.3 is 11.1 Å². The zero-order valence-corrected chi connectivity index (χ0v) is 11.1. The van der Waals surface area contributed by atoms with Crippen LogP contribution in [0.3, 0.4) is 0 Å². The number of anilines is 2. The maximum absolute atomic E-state index is 8.93.